The molecule has 1 saturated heterocycles. The van der Waals surface area contributed by atoms with Gasteiger partial charge in [-0.1, -0.05) is 0 Å². The summed E-state index contributed by atoms with van der Waals surface area (Å²) in [6.45, 7) is 10.6. The lowest BCUT2D eigenvalue weighted by Gasteiger charge is -2.34. The van der Waals surface area contributed by atoms with Crippen molar-refractivity contribution in [1.82, 2.24) is 5.32 Å². The third-order valence-corrected chi connectivity index (χ3v) is 3.25. The quantitative estimate of drug-likeness (QED) is 0.884. The molecule has 1 aliphatic heterocycles. The lowest BCUT2D eigenvalue weighted by atomic mass is 10.2. The van der Waals surface area contributed by atoms with Crippen molar-refractivity contribution >= 4 is 5.69 Å². The number of piperazine rings is 1. The van der Waals surface area contributed by atoms with Gasteiger partial charge in [-0.3, -0.25) is 0 Å². The molecule has 1 aromatic rings. The van der Waals surface area contributed by atoms with Crippen LogP contribution in [0.25, 0.3) is 0 Å². The van der Waals surface area contributed by atoms with Crippen LogP contribution in [0.3, 0.4) is 0 Å². The molecule has 1 aliphatic rings. The van der Waals surface area contributed by atoms with Gasteiger partial charge in [-0.2, -0.15) is 0 Å². The minimum atomic E-state index is 0.499. The Morgan fingerprint density at radius 3 is 2.74 bits per heavy atom. The summed E-state index contributed by atoms with van der Waals surface area (Å²) in [6, 6.07) is 6.58. The van der Waals surface area contributed by atoms with Crippen LogP contribution in [0.1, 0.15) is 20.8 Å². The van der Waals surface area contributed by atoms with Gasteiger partial charge in [0.05, 0.1) is 18.9 Å². The van der Waals surface area contributed by atoms with Gasteiger partial charge < -0.3 is 19.7 Å². The van der Waals surface area contributed by atoms with Gasteiger partial charge in [0.2, 0.25) is 0 Å². The lowest BCUT2D eigenvalue weighted by Crippen LogP contribution is -2.49. The van der Waals surface area contributed by atoms with Crippen LogP contribution in [0.4, 0.5) is 5.69 Å². The van der Waals surface area contributed by atoms with E-state index in [4.69, 9.17) is 9.47 Å². The maximum Gasteiger partial charge on any atom is 0.142 e. The summed E-state index contributed by atoms with van der Waals surface area (Å²) < 4.78 is 11.3. The van der Waals surface area contributed by atoms with Crippen molar-refractivity contribution in [3.63, 3.8) is 0 Å². The van der Waals surface area contributed by atoms with Crippen LogP contribution in [0.15, 0.2) is 18.2 Å². The first-order chi connectivity index (χ1) is 9.24. The van der Waals surface area contributed by atoms with Gasteiger partial charge in [-0.05, 0) is 32.9 Å². The first-order valence-corrected chi connectivity index (χ1v) is 7.12. The third kappa shape index (κ3) is 3.53. The molecule has 4 nitrogen and oxygen atoms in total. The van der Waals surface area contributed by atoms with Gasteiger partial charge in [0, 0.05) is 31.7 Å². The normalized spacial score (nSPS) is 19.3. The Balaban J connectivity index is 2.25. The van der Waals surface area contributed by atoms with Crippen molar-refractivity contribution in [3.8, 4) is 11.5 Å². The average Bonchev–Trinajstić information content (AvgIpc) is 2.41. The first kappa shape index (κ1) is 14.0. The van der Waals surface area contributed by atoms with E-state index in [0.717, 1.165) is 36.8 Å². The highest BCUT2D eigenvalue weighted by molar-refractivity contribution is 5.62. The Morgan fingerprint density at radius 2 is 2.05 bits per heavy atom. The molecule has 1 heterocycles. The Hall–Kier alpha value is -1.42. The predicted octanol–water partition coefficient (Wildman–Crippen LogP) is 2.28. The first-order valence-electron chi connectivity index (χ1n) is 7.12. The molecule has 2 rings (SSSR count). The largest absolute Gasteiger partial charge is 0.494 e. The van der Waals surface area contributed by atoms with E-state index in [2.05, 4.69) is 23.2 Å². The number of anilines is 1. The SMILES string of the molecule is CCOc1ccc(OCC)c(N2CCNC(C)C2)c1. The van der Waals surface area contributed by atoms with Crippen molar-refractivity contribution in [3.05, 3.63) is 18.2 Å². The molecule has 0 spiro atoms. The number of benzene rings is 1. The van der Waals surface area contributed by atoms with Gasteiger partial charge in [0.25, 0.3) is 0 Å². The molecule has 0 bridgehead atoms. The number of nitrogens with one attached hydrogen (secondary N) is 1. The van der Waals surface area contributed by atoms with Crippen molar-refractivity contribution in [2.75, 3.05) is 37.7 Å². The minimum absolute atomic E-state index is 0.499. The van der Waals surface area contributed by atoms with Gasteiger partial charge in [0.15, 0.2) is 0 Å². The molecule has 0 aliphatic carbocycles. The molecule has 0 amide bonds. The molecular weight excluding hydrogens is 240 g/mol. The summed E-state index contributed by atoms with van der Waals surface area (Å²) in [5.41, 5.74) is 1.14. The van der Waals surface area contributed by atoms with Crippen molar-refractivity contribution < 1.29 is 9.47 Å². The average molecular weight is 264 g/mol. The molecule has 1 N–H and O–H groups in total. The molecular formula is C15H24N2O2. The number of rotatable bonds is 5. The van der Waals surface area contributed by atoms with Crippen LogP contribution in [-0.4, -0.2) is 38.9 Å². The fraction of sp³-hybridized carbons (Fsp3) is 0.600. The van der Waals surface area contributed by atoms with E-state index in [1.165, 1.54) is 0 Å². The van der Waals surface area contributed by atoms with Crippen molar-refractivity contribution in [2.45, 2.75) is 26.8 Å². The topological polar surface area (TPSA) is 33.7 Å². The van der Waals surface area contributed by atoms with Crippen LogP contribution < -0.4 is 19.7 Å². The van der Waals surface area contributed by atoms with Gasteiger partial charge >= 0.3 is 0 Å². The second kappa shape index (κ2) is 6.66. The second-order valence-corrected chi connectivity index (χ2v) is 4.80. The highest BCUT2D eigenvalue weighted by Crippen LogP contribution is 2.33. The van der Waals surface area contributed by atoms with E-state index in [1.807, 2.05) is 26.0 Å². The van der Waals surface area contributed by atoms with Gasteiger partial charge in [0.1, 0.15) is 11.5 Å². The molecule has 106 valence electrons. The molecule has 0 aromatic heterocycles. The molecule has 4 heteroatoms. The van der Waals surface area contributed by atoms with E-state index in [9.17, 15) is 0 Å². The highest BCUT2D eigenvalue weighted by atomic mass is 16.5. The summed E-state index contributed by atoms with van der Waals surface area (Å²) in [6.07, 6.45) is 0. The fourth-order valence-electron chi connectivity index (χ4n) is 2.43. The van der Waals surface area contributed by atoms with Crippen LogP contribution in [0.2, 0.25) is 0 Å². The standard InChI is InChI=1S/C15H24N2O2/c1-4-18-13-6-7-15(19-5-2)14(10-13)17-9-8-16-12(3)11-17/h6-7,10,12,16H,4-5,8-9,11H2,1-3H3. The monoisotopic (exact) mass is 264 g/mol. The zero-order valence-corrected chi connectivity index (χ0v) is 12.1. The Labute approximate surface area is 115 Å². The maximum atomic E-state index is 5.74. The zero-order valence-electron chi connectivity index (χ0n) is 12.1. The van der Waals surface area contributed by atoms with E-state index < -0.39 is 0 Å². The number of ether oxygens (including phenoxy) is 2. The van der Waals surface area contributed by atoms with Gasteiger partial charge in [-0.15, -0.1) is 0 Å². The molecule has 1 fully saturated rings. The molecule has 0 saturated carbocycles. The van der Waals surface area contributed by atoms with Crippen molar-refractivity contribution in [1.29, 1.82) is 0 Å². The molecule has 1 aromatic carbocycles. The summed E-state index contributed by atoms with van der Waals surface area (Å²) >= 11 is 0. The molecule has 1 unspecified atom stereocenters. The fourth-order valence-corrected chi connectivity index (χ4v) is 2.43. The Kier molecular flexibility index (Phi) is 4.91. The van der Waals surface area contributed by atoms with E-state index >= 15 is 0 Å². The second-order valence-electron chi connectivity index (χ2n) is 4.80. The van der Waals surface area contributed by atoms with Crippen molar-refractivity contribution in [2.24, 2.45) is 0 Å². The van der Waals surface area contributed by atoms with Crippen LogP contribution >= 0.6 is 0 Å². The maximum absolute atomic E-state index is 5.74. The van der Waals surface area contributed by atoms with Crippen LogP contribution in [-0.2, 0) is 0 Å². The van der Waals surface area contributed by atoms with E-state index in [-0.39, 0.29) is 0 Å². The minimum Gasteiger partial charge on any atom is -0.494 e. The summed E-state index contributed by atoms with van der Waals surface area (Å²) in [5, 5.41) is 3.46. The Morgan fingerprint density at radius 1 is 1.26 bits per heavy atom. The molecule has 19 heavy (non-hydrogen) atoms. The van der Waals surface area contributed by atoms with Gasteiger partial charge in [-0.25, -0.2) is 0 Å². The molecule has 1 atom stereocenters. The summed E-state index contributed by atoms with van der Waals surface area (Å²) in [4.78, 5) is 2.37. The van der Waals surface area contributed by atoms with Crippen LogP contribution in [0.5, 0.6) is 11.5 Å². The summed E-state index contributed by atoms with van der Waals surface area (Å²) in [7, 11) is 0. The van der Waals surface area contributed by atoms with Crippen LogP contribution in [0, 0.1) is 0 Å². The highest BCUT2D eigenvalue weighted by Gasteiger charge is 2.19. The van der Waals surface area contributed by atoms with E-state index in [0.29, 0.717) is 19.3 Å². The predicted molar refractivity (Wildman–Crippen MR) is 78.5 cm³/mol. The number of nitrogens with zero attached hydrogens (tertiary/aromatic N) is 1. The smallest absolute Gasteiger partial charge is 0.142 e. The third-order valence-electron chi connectivity index (χ3n) is 3.25. The Bertz CT molecular complexity index is 409. The number of hydrogen-bond donors (Lipinski definition) is 1. The number of hydrogen-bond acceptors (Lipinski definition) is 4. The van der Waals surface area contributed by atoms with E-state index in [1.54, 1.807) is 0 Å². The summed E-state index contributed by atoms with van der Waals surface area (Å²) in [5.74, 6) is 1.85. The molecule has 0 radical (unpaired) electrons. The zero-order chi connectivity index (χ0) is 13.7. The lowest BCUT2D eigenvalue weighted by molar-refractivity contribution is 0.329.